The third-order valence-electron chi connectivity index (χ3n) is 2.69. The van der Waals surface area contributed by atoms with E-state index in [1.54, 1.807) is 6.07 Å². The molecule has 17 heavy (non-hydrogen) atoms. The van der Waals surface area contributed by atoms with Gasteiger partial charge < -0.3 is 4.74 Å². The minimum absolute atomic E-state index is 0.469. The van der Waals surface area contributed by atoms with Gasteiger partial charge >= 0.3 is 6.09 Å². The van der Waals surface area contributed by atoms with Gasteiger partial charge in [-0.3, -0.25) is 4.90 Å². The van der Waals surface area contributed by atoms with E-state index in [-0.39, 0.29) is 0 Å². The first-order chi connectivity index (χ1) is 8.11. The number of ether oxygens (including phenoxy) is 1. The molecule has 4 nitrogen and oxygen atoms in total. The van der Waals surface area contributed by atoms with E-state index in [4.69, 9.17) is 21.6 Å². The van der Waals surface area contributed by atoms with Crippen LogP contribution >= 0.6 is 11.6 Å². The summed E-state index contributed by atoms with van der Waals surface area (Å²) in [6, 6.07) is 7.32. The Hall–Kier alpha value is -1.73. The van der Waals surface area contributed by atoms with Crippen LogP contribution in [0.15, 0.2) is 18.2 Å². The summed E-state index contributed by atoms with van der Waals surface area (Å²) in [5.74, 6) is 0. The van der Waals surface area contributed by atoms with Crippen LogP contribution in [0.3, 0.4) is 0 Å². The number of nitriles is 1. The highest BCUT2D eigenvalue weighted by Crippen LogP contribution is 2.26. The number of rotatable bonds is 1. The number of halogens is 1. The van der Waals surface area contributed by atoms with Gasteiger partial charge in [0.1, 0.15) is 6.07 Å². The van der Waals surface area contributed by atoms with Gasteiger partial charge in [0.15, 0.2) is 6.10 Å². The highest BCUT2D eigenvalue weighted by atomic mass is 35.5. The van der Waals surface area contributed by atoms with E-state index in [1.165, 1.54) is 4.90 Å². The predicted octanol–water partition coefficient (Wildman–Crippen LogP) is 2.89. The molecular formula is C12H11ClN2O2. The number of carbonyl (C=O) groups excluding carboxylic acids is 1. The van der Waals surface area contributed by atoms with Gasteiger partial charge in [0.2, 0.25) is 0 Å². The van der Waals surface area contributed by atoms with Crippen molar-refractivity contribution in [1.29, 1.82) is 5.26 Å². The van der Waals surface area contributed by atoms with Crippen LogP contribution < -0.4 is 4.90 Å². The summed E-state index contributed by atoms with van der Waals surface area (Å²) in [6.45, 7) is 2.36. The molecule has 1 aliphatic heterocycles. The van der Waals surface area contributed by atoms with Crippen LogP contribution in [0.5, 0.6) is 0 Å². The highest BCUT2D eigenvalue weighted by Gasteiger charge is 2.28. The molecule has 1 aliphatic rings. The Bertz CT molecular complexity index is 496. The number of benzene rings is 1. The molecule has 0 bridgehead atoms. The van der Waals surface area contributed by atoms with Gasteiger partial charge in [-0.15, -0.1) is 0 Å². The predicted molar refractivity (Wildman–Crippen MR) is 64.0 cm³/mol. The molecule has 2 rings (SSSR count). The molecule has 1 saturated heterocycles. The number of carbonyl (C=O) groups is 1. The van der Waals surface area contributed by atoms with Gasteiger partial charge in [0, 0.05) is 23.7 Å². The average molecular weight is 251 g/mol. The second-order valence-corrected chi connectivity index (χ2v) is 4.28. The number of anilines is 1. The maximum Gasteiger partial charge on any atom is 0.415 e. The van der Waals surface area contributed by atoms with Crippen molar-refractivity contribution in [2.45, 2.75) is 19.4 Å². The van der Waals surface area contributed by atoms with Gasteiger partial charge in [-0.25, -0.2) is 4.79 Å². The standard InChI is InChI=1S/C12H11ClN2O2/c1-8-2-3-9(6-11(8)13)15-5-4-10(7-14)17-12(15)16/h2-3,6,10H,4-5H2,1H3. The SMILES string of the molecule is Cc1ccc(N2CCC(C#N)OC2=O)cc1Cl. The van der Waals surface area contributed by atoms with Crippen molar-refractivity contribution in [3.63, 3.8) is 0 Å². The van der Waals surface area contributed by atoms with Crippen LogP contribution in [0.2, 0.25) is 5.02 Å². The van der Waals surface area contributed by atoms with E-state index in [0.717, 1.165) is 5.56 Å². The van der Waals surface area contributed by atoms with Gasteiger partial charge in [-0.2, -0.15) is 5.26 Å². The third kappa shape index (κ3) is 2.34. The van der Waals surface area contributed by atoms with Crippen molar-refractivity contribution in [3.05, 3.63) is 28.8 Å². The molecule has 1 atom stereocenters. The Labute approximate surface area is 104 Å². The van der Waals surface area contributed by atoms with Gasteiger partial charge in [-0.1, -0.05) is 17.7 Å². The fraction of sp³-hybridized carbons (Fsp3) is 0.333. The number of nitrogens with zero attached hydrogens (tertiary/aromatic N) is 2. The van der Waals surface area contributed by atoms with Crippen LogP contribution in [0.1, 0.15) is 12.0 Å². The Morgan fingerprint density at radius 2 is 2.35 bits per heavy atom. The zero-order valence-electron chi connectivity index (χ0n) is 9.31. The summed E-state index contributed by atoms with van der Waals surface area (Å²) in [7, 11) is 0. The number of amides is 1. The minimum Gasteiger partial charge on any atom is -0.430 e. The van der Waals surface area contributed by atoms with E-state index in [9.17, 15) is 4.79 Å². The Kier molecular flexibility index (Phi) is 3.21. The summed E-state index contributed by atoms with van der Waals surface area (Å²) in [6.07, 6.45) is -0.629. The summed E-state index contributed by atoms with van der Waals surface area (Å²) in [5, 5.41) is 9.29. The Balaban J connectivity index is 2.21. The van der Waals surface area contributed by atoms with E-state index in [2.05, 4.69) is 0 Å². The maximum atomic E-state index is 11.7. The molecule has 0 spiro atoms. The second-order valence-electron chi connectivity index (χ2n) is 3.88. The first-order valence-electron chi connectivity index (χ1n) is 5.25. The summed E-state index contributed by atoms with van der Waals surface area (Å²) in [4.78, 5) is 13.2. The lowest BCUT2D eigenvalue weighted by Gasteiger charge is -2.29. The van der Waals surface area contributed by atoms with Crippen LogP contribution in [0, 0.1) is 18.3 Å². The number of hydrogen-bond acceptors (Lipinski definition) is 3. The molecule has 0 N–H and O–H groups in total. The van der Waals surface area contributed by atoms with Gasteiger partial charge in [0.25, 0.3) is 0 Å². The average Bonchev–Trinajstić information content (AvgIpc) is 2.32. The van der Waals surface area contributed by atoms with Crippen molar-refractivity contribution in [2.75, 3.05) is 11.4 Å². The summed E-state index contributed by atoms with van der Waals surface area (Å²) in [5.41, 5.74) is 1.65. The Morgan fingerprint density at radius 3 is 2.94 bits per heavy atom. The first-order valence-corrected chi connectivity index (χ1v) is 5.63. The molecule has 1 aromatic rings. The number of aryl methyl sites for hydroxylation is 1. The molecule has 1 amide bonds. The Morgan fingerprint density at radius 1 is 1.59 bits per heavy atom. The number of cyclic esters (lactones) is 1. The smallest absolute Gasteiger partial charge is 0.415 e. The third-order valence-corrected chi connectivity index (χ3v) is 3.10. The summed E-state index contributed by atoms with van der Waals surface area (Å²) >= 11 is 6.01. The number of hydrogen-bond donors (Lipinski definition) is 0. The molecular weight excluding hydrogens is 240 g/mol. The molecule has 88 valence electrons. The molecule has 1 unspecified atom stereocenters. The van der Waals surface area contributed by atoms with E-state index < -0.39 is 12.2 Å². The fourth-order valence-corrected chi connectivity index (χ4v) is 1.83. The topological polar surface area (TPSA) is 53.3 Å². The van der Waals surface area contributed by atoms with E-state index in [1.807, 2.05) is 25.1 Å². The van der Waals surface area contributed by atoms with Crippen LogP contribution in [0.25, 0.3) is 0 Å². The molecule has 1 aromatic carbocycles. The molecule has 1 fully saturated rings. The van der Waals surface area contributed by atoms with Crippen LogP contribution in [-0.4, -0.2) is 18.7 Å². The molecule has 5 heteroatoms. The minimum atomic E-state index is -0.639. The van der Waals surface area contributed by atoms with Crippen molar-refractivity contribution in [1.82, 2.24) is 0 Å². The molecule has 0 radical (unpaired) electrons. The second kappa shape index (κ2) is 4.64. The molecule has 0 saturated carbocycles. The van der Waals surface area contributed by atoms with Gasteiger partial charge in [-0.05, 0) is 24.6 Å². The zero-order valence-corrected chi connectivity index (χ0v) is 10.1. The quantitative estimate of drug-likeness (QED) is 0.770. The van der Waals surface area contributed by atoms with Crippen molar-refractivity contribution < 1.29 is 9.53 Å². The fourth-order valence-electron chi connectivity index (χ4n) is 1.66. The lowest BCUT2D eigenvalue weighted by molar-refractivity contribution is 0.111. The molecule has 1 heterocycles. The first kappa shape index (κ1) is 11.7. The summed E-state index contributed by atoms with van der Waals surface area (Å²) < 4.78 is 4.96. The molecule has 0 aliphatic carbocycles. The maximum absolute atomic E-state index is 11.7. The van der Waals surface area contributed by atoms with Gasteiger partial charge in [0.05, 0.1) is 0 Å². The lowest BCUT2D eigenvalue weighted by Crippen LogP contribution is -2.41. The van der Waals surface area contributed by atoms with Crippen molar-refractivity contribution in [3.8, 4) is 6.07 Å². The monoisotopic (exact) mass is 250 g/mol. The van der Waals surface area contributed by atoms with Crippen molar-refractivity contribution in [2.24, 2.45) is 0 Å². The van der Waals surface area contributed by atoms with E-state index >= 15 is 0 Å². The zero-order chi connectivity index (χ0) is 12.4. The highest BCUT2D eigenvalue weighted by molar-refractivity contribution is 6.31. The van der Waals surface area contributed by atoms with Crippen molar-refractivity contribution >= 4 is 23.4 Å². The normalized spacial score (nSPS) is 19.7. The largest absolute Gasteiger partial charge is 0.430 e. The lowest BCUT2D eigenvalue weighted by atomic mass is 10.2. The van der Waals surface area contributed by atoms with E-state index in [0.29, 0.717) is 23.7 Å². The molecule has 0 aromatic heterocycles. The van der Waals surface area contributed by atoms with Crippen LogP contribution in [-0.2, 0) is 4.74 Å². The van der Waals surface area contributed by atoms with Crippen LogP contribution in [0.4, 0.5) is 10.5 Å².